The average Bonchev–Trinajstić information content (AvgIpc) is 2.61. The van der Waals surface area contributed by atoms with E-state index >= 15 is 0 Å². The third kappa shape index (κ3) is 2.55. The van der Waals surface area contributed by atoms with E-state index in [-0.39, 0.29) is 5.22 Å². The number of carbonyl (C=O) groups excluding carboxylic acids is 2. The van der Waals surface area contributed by atoms with E-state index in [1.807, 2.05) is 6.92 Å². The SMILES string of the molecule is COC(=O)C1=C(OC(C)=O)CC2([Si](C)(C)C)CCC1(C)O2. The van der Waals surface area contributed by atoms with Crippen LogP contribution in [0, 0.1) is 0 Å². The lowest BCUT2D eigenvalue weighted by molar-refractivity contribution is -0.145. The summed E-state index contributed by atoms with van der Waals surface area (Å²) in [6.07, 6.45) is 2.10. The van der Waals surface area contributed by atoms with Gasteiger partial charge in [0.15, 0.2) is 0 Å². The van der Waals surface area contributed by atoms with E-state index in [2.05, 4.69) is 19.6 Å². The van der Waals surface area contributed by atoms with Gasteiger partial charge in [0.2, 0.25) is 0 Å². The summed E-state index contributed by atoms with van der Waals surface area (Å²) in [4.78, 5) is 23.6. The molecule has 0 amide bonds. The molecule has 2 aliphatic rings. The molecule has 6 heteroatoms. The number of hydrogen-bond acceptors (Lipinski definition) is 5. The number of ether oxygens (including phenoxy) is 3. The van der Waals surface area contributed by atoms with Gasteiger partial charge in [0, 0.05) is 13.3 Å². The minimum absolute atomic E-state index is 0.288. The fraction of sp³-hybridized carbons (Fsp3) is 0.733. The van der Waals surface area contributed by atoms with Crippen molar-refractivity contribution in [3.05, 3.63) is 11.3 Å². The van der Waals surface area contributed by atoms with Crippen molar-refractivity contribution in [2.75, 3.05) is 7.11 Å². The quantitative estimate of drug-likeness (QED) is 0.592. The first-order valence-corrected chi connectivity index (χ1v) is 10.8. The molecular weight excluding hydrogens is 288 g/mol. The Morgan fingerprint density at radius 3 is 2.33 bits per heavy atom. The van der Waals surface area contributed by atoms with Gasteiger partial charge >= 0.3 is 11.9 Å². The standard InChI is InChI=1S/C15H24O5Si/c1-10(16)19-11-9-15(21(4,5)6)8-7-14(2,20-15)12(11)13(17)18-3/h7-9H2,1-6H3. The van der Waals surface area contributed by atoms with Crippen molar-refractivity contribution in [2.24, 2.45) is 0 Å². The lowest BCUT2D eigenvalue weighted by Crippen LogP contribution is -2.56. The van der Waals surface area contributed by atoms with Crippen molar-refractivity contribution in [3.8, 4) is 0 Å². The molecular formula is C15H24O5Si. The first-order valence-electron chi connectivity index (χ1n) is 7.25. The fourth-order valence-corrected chi connectivity index (χ4v) is 5.50. The summed E-state index contributed by atoms with van der Waals surface area (Å²) in [5, 5.41) is -0.288. The summed E-state index contributed by atoms with van der Waals surface area (Å²) in [5.74, 6) is -0.454. The Bertz CT molecular complexity index is 519. The molecule has 0 N–H and O–H groups in total. The molecule has 0 spiro atoms. The summed E-state index contributed by atoms with van der Waals surface area (Å²) in [6, 6.07) is 0. The second-order valence-corrected chi connectivity index (χ2v) is 12.5. The molecule has 21 heavy (non-hydrogen) atoms. The Labute approximate surface area is 126 Å². The molecule has 0 aromatic carbocycles. The molecule has 2 bridgehead atoms. The average molecular weight is 312 g/mol. The van der Waals surface area contributed by atoms with E-state index in [1.54, 1.807) is 0 Å². The predicted octanol–water partition coefficient (Wildman–Crippen LogP) is 2.57. The number of carbonyl (C=O) groups is 2. The molecule has 0 aromatic rings. The molecule has 1 saturated heterocycles. The van der Waals surface area contributed by atoms with Gasteiger partial charge in [-0.3, -0.25) is 4.79 Å². The monoisotopic (exact) mass is 312 g/mol. The number of hydrogen-bond donors (Lipinski definition) is 0. The lowest BCUT2D eigenvalue weighted by atomic mass is 9.92. The molecule has 2 unspecified atom stereocenters. The molecule has 0 aliphatic carbocycles. The largest absolute Gasteiger partial charge is 0.465 e. The Hall–Kier alpha value is -1.14. The van der Waals surface area contributed by atoms with Gasteiger partial charge in [0.1, 0.15) is 16.9 Å². The van der Waals surface area contributed by atoms with Crippen molar-refractivity contribution in [1.82, 2.24) is 0 Å². The number of esters is 2. The van der Waals surface area contributed by atoms with Crippen LogP contribution in [0.1, 0.15) is 33.1 Å². The highest BCUT2D eigenvalue weighted by Gasteiger charge is 2.61. The molecule has 118 valence electrons. The van der Waals surface area contributed by atoms with Crippen LogP contribution in [-0.4, -0.2) is 37.9 Å². The van der Waals surface area contributed by atoms with Gasteiger partial charge in [0.25, 0.3) is 0 Å². The van der Waals surface area contributed by atoms with E-state index in [1.165, 1.54) is 14.0 Å². The molecule has 0 saturated carbocycles. The normalized spacial score (nSPS) is 32.1. The Morgan fingerprint density at radius 2 is 1.86 bits per heavy atom. The van der Waals surface area contributed by atoms with E-state index in [9.17, 15) is 9.59 Å². The number of fused-ring (bicyclic) bond motifs is 2. The minimum atomic E-state index is -1.68. The summed E-state index contributed by atoms with van der Waals surface area (Å²) >= 11 is 0. The van der Waals surface area contributed by atoms with Gasteiger partial charge in [-0.05, 0) is 19.8 Å². The Morgan fingerprint density at radius 1 is 1.24 bits per heavy atom. The van der Waals surface area contributed by atoms with Gasteiger partial charge in [-0.25, -0.2) is 4.79 Å². The predicted molar refractivity (Wildman–Crippen MR) is 80.2 cm³/mol. The van der Waals surface area contributed by atoms with Crippen LogP contribution >= 0.6 is 0 Å². The molecule has 1 fully saturated rings. The van der Waals surface area contributed by atoms with Crippen molar-refractivity contribution in [1.29, 1.82) is 0 Å². The summed E-state index contributed by atoms with van der Waals surface area (Å²) < 4.78 is 16.7. The third-order valence-electron chi connectivity index (χ3n) is 4.70. The van der Waals surface area contributed by atoms with Crippen LogP contribution in [0.3, 0.4) is 0 Å². The van der Waals surface area contributed by atoms with Crippen LogP contribution in [0.15, 0.2) is 11.3 Å². The molecule has 2 atom stereocenters. The maximum Gasteiger partial charge on any atom is 0.340 e. The maximum atomic E-state index is 12.2. The van der Waals surface area contributed by atoms with Gasteiger partial charge in [-0.1, -0.05) is 19.6 Å². The lowest BCUT2D eigenvalue weighted by Gasteiger charge is -2.46. The Balaban J connectivity index is 2.55. The third-order valence-corrected chi connectivity index (χ3v) is 7.97. The molecule has 0 aromatic heterocycles. The van der Waals surface area contributed by atoms with E-state index in [4.69, 9.17) is 14.2 Å². The second-order valence-electron chi connectivity index (χ2n) is 7.14. The van der Waals surface area contributed by atoms with Gasteiger partial charge in [-0.15, -0.1) is 0 Å². The van der Waals surface area contributed by atoms with Crippen LogP contribution in [0.4, 0.5) is 0 Å². The maximum absolute atomic E-state index is 12.2. The number of methoxy groups -OCH3 is 1. The zero-order chi connectivity index (χ0) is 16.1. The van der Waals surface area contributed by atoms with Crippen LogP contribution in [0.25, 0.3) is 0 Å². The van der Waals surface area contributed by atoms with Crippen molar-refractivity contribution in [3.63, 3.8) is 0 Å². The molecule has 2 aliphatic heterocycles. The molecule has 0 radical (unpaired) electrons. The fourth-order valence-electron chi connectivity index (χ4n) is 3.40. The first kappa shape index (κ1) is 16.2. The smallest absolute Gasteiger partial charge is 0.340 e. The minimum Gasteiger partial charge on any atom is -0.465 e. The topological polar surface area (TPSA) is 61.8 Å². The molecule has 5 nitrogen and oxygen atoms in total. The highest BCUT2D eigenvalue weighted by molar-refractivity contribution is 6.79. The van der Waals surface area contributed by atoms with Crippen LogP contribution in [0.5, 0.6) is 0 Å². The number of rotatable bonds is 3. The van der Waals surface area contributed by atoms with Crippen LogP contribution in [0.2, 0.25) is 19.6 Å². The van der Waals surface area contributed by atoms with Crippen molar-refractivity contribution in [2.45, 2.75) is 63.6 Å². The van der Waals surface area contributed by atoms with Crippen molar-refractivity contribution < 1.29 is 23.8 Å². The van der Waals surface area contributed by atoms with Crippen LogP contribution < -0.4 is 0 Å². The molecule has 2 heterocycles. The van der Waals surface area contributed by atoms with Gasteiger partial charge in [0.05, 0.1) is 20.4 Å². The second kappa shape index (κ2) is 4.95. The van der Waals surface area contributed by atoms with E-state index in [0.29, 0.717) is 17.8 Å². The summed E-state index contributed by atoms with van der Waals surface area (Å²) in [5.41, 5.74) is -0.359. The first-order chi connectivity index (χ1) is 9.55. The highest BCUT2D eigenvalue weighted by Crippen LogP contribution is 2.54. The zero-order valence-electron chi connectivity index (χ0n) is 13.7. The van der Waals surface area contributed by atoms with Gasteiger partial charge < -0.3 is 14.2 Å². The Kier molecular flexibility index (Phi) is 3.83. The molecule has 2 rings (SSSR count). The van der Waals surface area contributed by atoms with Crippen molar-refractivity contribution >= 4 is 20.0 Å². The van der Waals surface area contributed by atoms with Crippen LogP contribution in [-0.2, 0) is 23.8 Å². The zero-order valence-corrected chi connectivity index (χ0v) is 14.7. The highest BCUT2D eigenvalue weighted by atomic mass is 28.3. The van der Waals surface area contributed by atoms with Gasteiger partial charge in [-0.2, -0.15) is 0 Å². The van der Waals surface area contributed by atoms with E-state index < -0.39 is 25.6 Å². The van der Waals surface area contributed by atoms with E-state index in [0.717, 1.165) is 12.8 Å². The summed E-state index contributed by atoms with van der Waals surface area (Å²) in [6.45, 7) is 9.97. The summed E-state index contributed by atoms with van der Waals surface area (Å²) in [7, 11) is -0.346.